The first-order chi connectivity index (χ1) is 10.4. The van der Waals surface area contributed by atoms with Crippen molar-refractivity contribution in [3.63, 3.8) is 0 Å². The molecule has 22 heavy (non-hydrogen) atoms. The summed E-state index contributed by atoms with van der Waals surface area (Å²) in [4.78, 5) is 16.1. The quantitative estimate of drug-likeness (QED) is 0.918. The first kappa shape index (κ1) is 16.0. The molecular weight excluding hydrogens is 298 g/mol. The number of nitriles is 1. The molecule has 1 amide bonds. The fourth-order valence-corrected chi connectivity index (χ4v) is 2.80. The van der Waals surface area contributed by atoms with Crippen LogP contribution in [0, 0.1) is 24.2 Å². The number of aryl methyl sites for hydroxylation is 1. The number of rotatable bonds is 5. The second-order valence-electron chi connectivity index (χ2n) is 5.33. The minimum Gasteiger partial charge on any atom is -0.492 e. The molecule has 0 spiro atoms. The lowest BCUT2D eigenvalue weighted by Gasteiger charge is -2.10. The third-order valence-corrected chi connectivity index (χ3v) is 4.16. The number of carbonyl (C=O) groups excluding carboxylic acids is 1. The average Bonchev–Trinajstić information content (AvgIpc) is 2.87. The number of hydrogen-bond donors (Lipinski definition) is 1. The summed E-state index contributed by atoms with van der Waals surface area (Å²) in [5.74, 6) is 0.452. The van der Waals surface area contributed by atoms with Crippen LogP contribution in [0.3, 0.4) is 0 Å². The van der Waals surface area contributed by atoms with E-state index in [-0.39, 0.29) is 0 Å². The van der Waals surface area contributed by atoms with Crippen LogP contribution in [0.2, 0.25) is 0 Å². The molecule has 1 aromatic heterocycles. The summed E-state index contributed by atoms with van der Waals surface area (Å²) < 4.78 is 5.63. The Hall–Kier alpha value is -2.39. The molecule has 0 saturated heterocycles. The predicted molar refractivity (Wildman–Crippen MR) is 85.9 cm³/mol. The van der Waals surface area contributed by atoms with E-state index in [0.717, 1.165) is 5.56 Å². The molecular formula is C16H17N3O2S. The normalized spacial score (nSPS) is 10.5. The van der Waals surface area contributed by atoms with Crippen molar-refractivity contribution in [3.05, 3.63) is 34.3 Å². The van der Waals surface area contributed by atoms with Crippen LogP contribution in [-0.2, 0) is 0 Å². The first-order valence-corrected chi connectivity index (χ1v) is 7.68. The maximum atomic E-state index is 11.3. The molecule has 0 bridgehead atoms. The molecule has 1 aromatic carbocycles. The van der Waals surface area contributed by atoms with Gasteiger partial charge < -0.3 is 10.5 Å². The molecule has 0 radical (unpaired) electrons. The van der Waals surface area contributed by atoms with E-state index in [1.807, 2.05) is 19.9 Å². The average molecular weight is 315 g/mol. The zero-order valence-electron chi connectivity index (χ0n) is 12.7. The molecule has 0 fully saturated rings. The summed E-state index contributed by atoms with van der Waals surface area (Å²) in [5.41, 5.74) is 7.14. The van der Waals surface area contributed by atoms with E-state index in [0.29, 0.717) is 39.4 Å². The van der Waals surface area contributed by atoms with Gasteiger partial charge in [-0.25, -0.2) is 4.98 Å². The number of thiazole rings is 1. The Morgan fingerprint density at radius 3 is 2.77 bits per heavy atom. The molecule has 0 aliphatic heterocycles. The van der Waals surface area contributed by atoms with Gasteiger partial charge in [-0.1, -0.05) is 13.8 Å². The van der Waals surface area contributed by atoms with Crippen molar-refractivity contribution < 1.29 is 9.53 Å². The predicted octanol–water partition coefficient (Wildman–Crippen LogP) is 3.12. The number of hydrogen-bond acceptors (Lipinski definition) is 5. The van der Waals surface area contributed by atoms with Gasteiger partial charge in [0, 0.05) is 5.56 Å². The van der Waals surface area contributed by atoms with Crippen LogP contribution in [0.4, 0.5) is 0 Å². The standard InChI is InChI=1S/C16H17N3O2S/c1-9(2)8-21-13-5-4-11(6-12(13)7-17)16-19-10(3)14(22-16)15(18)20/h4-6,9H,8H2,1-3H3,(H2,18,20). The molecule has 6 heteroatoms. The van der Waals surface area contributed by atoms with E-state index in [4.69, 9.17) is 10.5 Å². The number of primary amides is 1. The number of ether oxygens (including phenoxy) is 1. The first-order valence-electron chi connectivity index (χ1n) is 6.87. The minimum absolute atomic E-state index is 0.381. The molecule has 5 nitrogen and oxygen atoms in total. The van der Waals surface area contributed by atoms with Gasteiger partial charge in [0.05, 0.1) is 17.9 Å². The van der Waals surface area contributed by atoms with E-state index in [1.54, 1.807) is 19.1 Å². The highest BCUT2D eigenvalue weighted by Crippen LogP contribution is 2.31. The van der Waals surface area contributed by atoms with E-state index in [2.05, 4.69) is 11.1 Å². The number of aromatic nitrogens is 1. The molecule has 0 unspecified atom stereocenters. The Bertz CT molecular complexity index is 744. The van der Waals surface area contributed by atoms with Crippen molar-refractivity contribution >= 4 is 17.2 Å². The van der Waals surface area contributed by atoms with Crippen LogP contribution >= 0.6 is 11.3 Å². The molecule has 0 aliphatic carbocycles. The van der Waals surface area contributed by atoms with Crippen LogP contribution in [-0.4, -0.2) is 17.5 Å². The fraction of sp³-hybridized carbons (Fsp3) is 0.312. The van der Waals surface area contributed by atoms with Crippen LogP contribution in [0.25, 0.3) is 10.6 Å². The lowest BCUT2D eigenvalue weighted by Crippen LogP contribution is -2.09. The van der Waals surface area contributed by atoms with Crippen LogP contribution < -0.4 is 10.5 Å². The van der Waals surface area contributed by atoms with Crippen LogP contribution in [0.15, 0.2) is 18.2 Å². The van der Waals surface area contributed by atoms with Gasteiger partial charge in [0.15, 0.2) is 0 Å². The van der Waals surface area contributed by atoms with Gasteiger partial charge in [-0.3, -0.25) is 4.79 Å². The molecule has 2 N–H and O–H groups in total. The van der Waals surface area contributed by atoms with E-state index >= 15 is 0 Å². The van der Waals surface area contributed by atoms with E-state index in [1.165, 1.54) is 11.3 Å². The Kier molecular flexibility index (Phi) is 4.78. The van der Waals surface area contributed by atoms with Crippen molar-refractivity contribution in [1.82, 2.24) is 4.98 Å². The molecule has 0 atom stereocenters. The van der Waals surface area contributed by atoms with Crippen molar-refractivity contribution in [2.24, 2.45) is 11.7 Å². The van der Waals surface area contributed by atoms with Gasteiger partial charge in [0.1, 0.15) is 21.7 Å². The number of amides is 1. The van der Waals surface area contributed by atoms with Gasteiger partial charge in [-0.15, -0.1) is 11.3 Å². The summed E-state index contributed by atoms with van der Waals surface area (Å²) >= 11 is 1.23. The Morgan fingerprint density at radius 2 is 2.23 bits per heavy atom. The molecule has 1 heterocycles. The zero-order valence-corrected chi connectivity index (χ0v) is 13.5. The maximum absolute atomic E-state index is 11.3. The second-order valence-corrected chi connectivity index (χ2v) is 6.32. The third kappa shape index (κ3) is 3.43. The van der Waals surface area contributed by atoms with Crippen molar-refractivity contribution in [2.45, 2.75) is 20.8 Å². The lowest BCUT2D eigenvalue weighted by molar-refractivity contribution is 0.100. The van der Waals surface area contributed by atoms with Crippen molar-refractivity contribution in [2.75, 3.05) is 6.61 Å². The van der Waals surface area contributed by atoms with Gasteiger partial charge in [0.2, 0.25) is 0 Å². The Morgan fingerprint density at radius 1 is 1.50 bits per heavy atom. The van der Waals surface area contributed by atoms with Crippen molar-refractivity contribution in [3.8, 4) is 22.4 Å². The van der Waals surface area contributed by atoms with Gasteiger partial charge in [0.25, 0.3) is 5.91 Å². The van der Waals surface area contributed by atoms with Gasteiger partial charge in [-0.05, 0) is 31.0 Å². The third-order valence-electron chi connectivity index (χ3n) is 2.94. The van der Waals surface area contributed by atoms with Crippen LogP contribution in [0.5, 0.6) is 5.75 Å². The monoisotopic (exact) mass is 315 g/mol. The molecule has 2 rings (SSSR count). The summed E-state index contributed by atoms with van der Waals surface area (Å²) in [5, 5.41) is 9.95. The fourth-order valence-electron chi connectivity index (χ4n) is 1.88. The Labute approximate surface area is 133 Å². The number of benzene rings is 1. The number of nitrogens with two attached hydrogens (primary N) is 1. The smallest absolute Gasteiger partial charge is 0.260 e. The van der Waals surface area contributed by atoms with Crippen molar-refractivity contribution in [1.29, 1.82) is 5.26 Å². The highest BCUT2D eigenvalue weighted by atomic mass is 32.1. The zero-order chi connectivity index (χ0) is 16.3. The highest BCUT2D eigenvalue weighted by molar-refractivity contribution is 7.17. The Balaban J connectivity index is 2.35. The summed E-state index contributed by atoms with van der Waals surface area (Å²) in [7, 11) is 0. The minimum atomic E-state index is -0.487. The molecule has 0 saturated carbocycles. The van der Waals surface area contributed by atoms with E-state index < -0.39 is 5.91 Å². The second kappa shape index (κ2) is 6.58. The molecule has 2 aromatic rings. The van der Waals surface area contributed by atoms with E-state index in [9.17, 15) is 10.1 Å². The lowest BCUT2D eigenvalue weighted by atomic mass is 10.1. The summed E-state index contributed by atoms with van der Waals surface area (Å²) in [6, 6.07) is 7.45. The summed E-state index contributed by atoms with van der Waals surface area (Å²) in [6.07, 6.45) is 0. The SMILES string of the molecule is Cc1nc(-c2ccc(OCC(C)C)c(C#N)c2)sc1C(N)=O. The molecule has 0 aliphatic rings. The van der Waals surface area contributed by atoms with Gasteiger partial charge >= 0.3 is 0 Å². The van der Waals surface area contributed by atoms with Crippen LogP contribution in [0.1, 0.15) is 34.8 Å². The summed E-state index contributed by atoms with van der Waals surface area (Å²) in [6.45, 7) is 6.38. The highest BCUT2D eigenvalue weighted by Gasteiger charge is 2.15. The maximum Gasteiger partial charge on any atom is 0.260 e. The number of carbonyl (C=O) groups is 1. The number of nitrogens with zero attached hydrogens (tertiary/aromatic N) is 2. The topological polar surface area (TPSA) is 89.0 Å². The van der Waals surface area contributed by atoms with Gasteiger partial charge in [-0.2, -0.15) is 5.26 Å². The largest absolute Gasteiger partial charge is 0.492 e. The molecule has 114 valence electrons.